The average molecular weight is 357 g/mol. The first-order valence-electron chi connectivity index (χ1n) is 10.4. The van der Waals surface area contributed by atoms with Crippen LogP contribution in [0.15, 0.2) is 0 Å². The van der Waals surface area contributed by atoms with Crippen molar-refractivity contribution in [2.24, 2.45) is 0 Å². The van der Waals surface area contributed by atoms with Crippen molar-refractivity contribution in [2.75, 3.05) is 6.61 Å². The third-order valence-electron chi connectivity index (χ3n) is 4.42. The fraction of sp³-hybridized carbons (Fsp3) is 0.905. The third-order valence-corrected chi connectivity index (χ3v) is 4.42. The molecule has 0 aromatic rings. The van der Waals surface area contributed by atoms with Crippen LogP contribution in [-0.4, -0.2) is 24.6 Å². The maximum Gasteiger partial charge on any atom is 0.347 e. The summed E-state index contributed by atoms with van der Waals surface area (Å²) in [6, 6.07) is 0. The summed E-state index contributed by atoms with van der Waals surface area (Å²) >= 11 is 0. The third kappa shape index (κ3) is 17.6. The number of carbonyl (C=O) groups is 2. The van der Waals surface area contributed by atoms with Gasteiger partial charge in [0.15, 0.2) is 6.10 Å². The normalized spacial score (nSPS) is 12.0. The lowest BCUT2D eigenvalue weighted by molar-refractivity contribution is -0.165. The fourth-order valence-corrected chi connectivity index (χ4v) is 2.88. The van der Waals surface area contributed by atoms with Crippen molar-refractivity contribution in [3.05, 3.63) is 0 Å². The standard InChI is InChI=1S/C21H40O4/c1-4-5-6-7-8-9-10-11-12-13-14-15-16-17-18-24-21(23)19(2)25-20(3)22/h19H,4-18H2,1-3H3. The van der Waals surface area contributed by atoms with Crippen LogP contribution >= 0.6 is 0 Å². The highest BCUT2D eigenvalue weighted by atomic mass is 16.6. The van der Waals surface area contributed by atoms with E-state index in [9.17, 15) is 9.59 Å². The lowest BCUT2D eigenvalue weighted by Crippen LogP contribution is -2.25. The molecule has 0 saturated carbocycles. The number of hydrogen-bond acceptors (Lipinski definition) is 4. The molecule has 148 valence electrons. The Morgan fingerprint density at radius 1 is 0.720 bits per heavy atom. The summed E-state index contributed by atoms with van der Waals surface area (Å²) in [5.41, 5.74) is 0. The number of ether oxygens (including phenoxy) is 2. The minimum Gasteiger partial charge on any atom is -0.463 e. The molecule has 25 heavy (non-hydrogen) atoms. The molecule has 1 unspecified atom stereocenters. The molecule has 0 spiro atoms. The zero-order valence-corrected chi connectivity index (χ0v) is 16.8. The first-order chi connectivity index (χ1) is 12.1. The van der Waals surface area contributed by atoms with Gasteiger partial charge in [-0.3, -0.25) is 4.79 Å². The van der Waals surface area contributed by atoms with Gasteiger partial charge in [0.25, 0.3) is 0 Å². The number of esters is 2. The molecule has 0 fully saturated rings. The summed E-state index contributed by atoms with van der Waals surface area (Å²) < 4.78 is 9.87. The van der Waals surface area contributed by atoms with E-state index in [1.165, 1.54) is 90.9 Å². The number of rotatable bonds is 17. The molecule has 0 rings (SSSR count). The van der Waals surface area contributed by atoms with E-state index in [1.54, 1.807) is 0 Å². The molecule has 0 bridgehead atoms. The van der Waals surface area contributed by atoms with Gasteiger partial charge in [-0.15, -0.1) is 0 Å². The lowest BCUT2D eigenvalue weighted by atomic mass is 10.0. The Balaban J connectivity index is 3.21. The van der Waals surface area contributed by atoms with Gasteiger partial charge in [0.2, 0.25) is 0 Å². The van der Waals surface area contributed by atoms with Gasteiger partial charge in [0.1, 0.15) is 0 Å². The van der Waals surface area contributed by atoms with Crippen molar-refractivity contribution < 1.29 is 19.1 Å². The molecule has 0 aromatic heterocycles. The van der Waals surface area contributed by atoms with Crippen molar-refractivity contribution in [3.8, 4) is 0 Å². The van der Waals surface area contributed by atoms with Crippen LogP contribution in [0.3, 0.4) is 0 Å². The van der Waals surface area contributed by atoms with Crippen LogP contribution in [0.2, 0.25) is 0 Å². The SMILES string of the molecule is CCCCCCCCCCCCCCCCOC(=O)C(C)OC(C)=O. The maximum absolute atomic E-state index is 11.5. The summed E-state index contributed by atoms with van der Waals surface area (Å²) in [6.45, 7) is 5.51. The smallest absolute Gasteiger partial charge is 0.347 e. The minimum absolute atomic E-state index is 0.419. The molecule has 0 amide bonds. The van der Waals surface area contributed by atoms with Gasteiger partial charge in [0.05, 0.1) is 6.61 Å². The highest BCUT2D eigenvalue weighted by molar-refractivity contribution is 5.78. The lowest BCUT2D eigenvalue weighted by Gasteiger charge is -2.11. The van der Waals surface area contributed by atoms with Crippen LogP contribution in [0.5, 0.6) is 0 Å². The number of carbonyl (C=O) groups excluding carboxylic acids is 2. The highest BCUT2D eigenvalue weighted by Gasteiger charge is 2.16. The molecule has 0 N–H and O–H groups in total. The quantitative estimate of drug-likeness (QED) is 0.238. The summed E-state index contributed by atoms with van der Waals surface area (Å²) in [5, 5.41) is 0. The second kappa shape index (κ2) is 17.8. The van der Waals surface area contributed by atoms with Crippen molar-refractivity contribution in [1.82, 2.24) is 0 Å². The Morgan fingerprint density at radius 2 is 1.12 bits per heavy atom. The topological polar surface area (TPSA) is 52.6 Å². The van der Waals surface area contributed by atoms with Gasteiger partial charge in [0, 0.05) is 6.92 Å². The molecule has 0 aliphatic carbocycles. The average Bonchev–Trinajstić information content (AvgIpc) is 2.57. The Bertz CT molecular complexity index is 328. The Morgan fingerprint density at radius 3 is 1.52 bits per heavy atom. The zero-order chi connectivity index (χ0) is 18.8. The number of unbranched alkanes of at least 4 members (excludes halogenated alkanes) is 13. The number of hydrogen-bond donors (Lipinski definition) is 0. The van der Waals surface area contributed by atoms with Crippen LogP contribution in [0.4, 0.5) is 0 Å². The zero-order valence-electron chi connectivity index (χ0n) is 16.8. The van der Waals surface area contributed by atoms with E-state index in [1.807, 2.05) is 0 Å². The summed E-state index contributed by atoms with van der Waals surface area (Å²) in [6.07, 6.45) is 17.4. The van der Waals surface area contributed by atoms with Crippen LogP contribution in [-0.2, 0) is 19.1 Å². The Kier molecular flexibility index (Phi) is 17.0. The van der Waals surface area contributed by atoms with Crippen LogP contribution < -0.4 is 0 Å². The molecule has 4 nitrogen and oxygen atoms in total. The van der Waals surface area contributed by atoms with E-state index in [0.717, 1.165) is 12.8 Å². The van der Waals surface area contributed by atoms with Crippen LogP contribution in [0.1, 0.15) is 111 Å². The van der Waals surface area contributed by atoms with E-state index in [0.29, 0.717) is 6.61 Å². The van der Waals surface area contributed by atoms with Crippen LogP contribution in [0, 0.1) is 0 Å². The molecule has 0 heterocycles. The summed E-state index contributed by atoms with van der Waals surface area (Å²) in [4.78, 5) is 22.3. The van der Waals surface area contributed by atoms with Gasteiger partial charge in [-0.2, -0.15) is 0 Å². The van der Waals surface area contributed by atoms with Crippen molar-refractivity contribution in [1.29, 1.82) is 0 Å². The second-order valence-corrected chi connectivity index (χ2v) is 7.02. The minimum atomic E-state index is -0.802. The van der Waals surface area contributed by atoms with Gasteiger partial charge in [-0.05, 0) is 13.3 Å². The highest BCUT2D eigenvalue weighted by Crippen LogP contribution is 2.13. The molecule has 1 atom stereocenters. The van der Waals surface area contributed by atoms with E-state index in [4.69, 9.17) is 9.47 Å². The van der Waals surface area contributed by atoms with E-state index >= 15 is 0 Å². The Hall–Kier alpha value is -1.06. The predicted molar refractivity (Wildman–Crippen MR) is 102 cm³/mol. The Labute approximate surface area is 155 Å². The van der Waals surface area contributed by atoms with E-state index < -0.39 is 18.0 Å². The molecule has 0 aromatic carbocycles. The van der Waals surface area contributed by atoms with Gasteiger partial charge in [-0.1, -0.05) is 90.4 Å². The van der Waals surface area contributed by atoms with Crippen molar-refractivity contribution in [2.45, 2.75) is 117 Å². The summed E-state index contributed by atoms with van der Waals surface area (Å²) in [5.74, 6) is -0.911. The predicted octanol–water partition coefficient (Wildman–Crippen LogP) is 5.96. The molecule has 4 heteroatoms. The molecule has 0 aliphatic heterocycles. The molecule has 0 aliphatic rings. The second-order valence-electron chi connectivity index (χ2n) is 7.02. The van der Waals surface area contributed by atoms with Gasteiger partial charge < -0.3 is 9.47 Å². The van der Waals surface area contributed by atoms with Crippen molar-refractivity contribution in [3.63, 3.8) is 0 Å². The first-order valence-corrected chi connectivity index (χ1v) is 10.4. The molecule has 0 saturated heterocycles. The fourth-order valence-electron chi connectivity index (χ4n) is 2.88. The molecular weight excluding hydrogens is 316 g/mol. The van der Waals surface area contributed by atoms with E-state index in [-0.39, 0.29) is 0 Å². The largest absolute Gasteiger partial charge is 0.463 e. The van der Waals surface area contributed by atoms with Gasteiger partial charge in [-0.25, -0.2) is 4.79 Å². The van der Waals surface area contributed by atoms with E-state index in [2.05, 4.69) is 6.92 Å². The molecular formula is C21H40O4. The monoisotopic (exact) mass is 356 g/mol. The first kappa shape index (κ1) is 23.9. The van der Waals surface area contributed by atoms with Gasteiger partial charge >= 0.3 is 11.9 Å². The summed E-state index contributed by atoms with van der Waals surface area (Å²) in [7, 11) is 0. The maximum atomic E-state index is 11.5. The van der Waals surface area contributed by atoms with Crippen LogP contribution in [0.25, 0.3) is 0 Å². The molecule has 0 radical (unpaired) electrons. The van der Waals surface area contributed by atoms with Crippen molar-refractivity contribution >= 4 is 11.9 Å².